The van der Waals surface area contributed by atoms with Gasteiger partial charge in [-0.25, -0.2) is 9.97 Å². The first kappa shape index (κ1) is 18.1. The number of carbonyl (C=O) groups is 1. The summed E-state index contributed by atoms with van der Waals surface area (Å²) >= 11 is 0. The summed E-state index contributed by atoms with van der Waals surface area (Å²) in [6.07, 6.45) is 3.00. The highest BCUT2D eigenvalue weighted by molar-refractivity contribution is 6.04. The van der Waals surface area contributed by atoms with Crippen molar-refractivity contribution in [2.45, 2.75) is 13.5 Å². The lowest BCUT2D eigenvalue weighted by Crippen LogP contribution is -2.24. The Bertz CT molecular complexity index is 948. The van der Waals surface area contributed by atoms with E-state index < -0.39 is 0 Å². The molecule has 1 heterocycles. The van der Waals surface area contributed by atoms with E-state index in [9.17, 15) is 4.79 Å². The van der Waals surface area contributed by atoms with Gasteiger partial charge in [0.25, 0.3) is 5.91 Å². The van der Waals surface area contributed by atoms with Crippen molar-refractivity contribution in [3.63, 3.8) is 0 Å². The Labute approximate surface area is 158 Å². The number of rotatable bonds is 6. The van der Waals surface area contributed by atoms with Crippen LogP contribution in [-0.4, -0.2) is 22.4 Å². The van der Waals surface area contributed by atoms with Gasteiger partial charge in [-0.15, -0.1) is 0 Å². The smallest absolute Gasteiger partial charge is 0.258 e. The van der Waals surface area contributed by atoms with Crippen LogP contribution in [0.3, 0.4) is 0 Å². The maximum Gasteiger partial charge on any atom is 0.258 e. The Morgan fingerprint density at radius 1 is 1.07 bits per heavy atom. The molecule has 0 bridgehead atoms. The third-order valence-corrected chi connectivity index (χ3v) is 4.08. The van der Waals surface area contributed by atoms with Crippen LogP contribution in [0.2, 0.25) is 0 Å². The van der Waals surface area contributed by atoms with Crippen molar-refractivity contribution in [1.29, 1.82) is 5.26 Å². The minimum atomic E-state index is -0.352. The summed E-state index contributed by atoms with van der Waals surface area (Å²) in [7, 11) is 0. The zero-order valence-electron chi connectivity index (χ0n) is 15.0. The number of benzene rings is 2. The summed E-state index contributed by atoms with van der Waals surface area (Å²) in [4.78, 5) is 23.1. The van der Waals surface area contributed by atoms with Crippen LogP contribution in [0.25, 0.3) is 0 Å². The molecule has 0 unspecified atom stereocenters. The number of nitriles is 1. The average molecular weight is 357 g/mol. The summed E-state index contributed by atoms with van der Waals surface area (Å²) in [5.74, 6) is 0.214. The SMILES string of the molecule is CCN(Cc1ccccc1)c1ncc(C(=O)Nc2ccccc2C#N)cn1. The Balaban J connectivity index is 1.72. The predicted molar refractivity (Wildman–Crippen MR) is 104 cm³/mol. The normalized spacial score (nSPS) is 10.1. The minimum Gasteiger partial charge on any atom is -0.337 e. The molecule has 3 rings (SSSR count). The van der Waals surface area contributed by atoms with Crippen LogP contribution in [0, 0.1) is 11.3 Å². The number of anilines is 2. The molecule has 1 amide bonds. The molecule has 0 radical (unpaired) electrons. The summed E-state index contributed by atoms with van der Waals surface area (Å²) in [6.45, 7) is 3.47. The van der Waals surface area contributed by atoms with Crippen molar-refractivity contribution in [1.82, 2.24) is 9.97 Å². The van der Waals surface area contributed by atoms with Gasteiger partial charge in [0, 0.05) is 25.5 Å². The second kappa shape index (κ2) is 8.59. The molecule has 1 N–H and O–H groups in total. The van der Waals surface area contributed by atoms with E-state index in [2.05, 4.69) is 33.5 Å². The van der Waals surface area contributed by atoms with Crippen LogP contribution in [0.5, 0.6) is 0 Å². The van der Waals surface area contributed by atoms with E-state index in [-0.39, 0.29) is 5.91 Å². The van der Waals surface area contributed by atoms with Crippen molar-refractivity contribution in [2.75, 3.05) is 16.8 Å². The lowest BCUT2D eigenvalue weighted by Gasteiger charge is -2.20. The van der Waals surface area contributed by atoms with Crippen molar-refractivity contribution >= 4 is 17.5 Å². The van der Waals surface area contributed by atoms with Gasteiger partial charge in [-0.1, -0.05) is 42.5 Å². The van der Waals surface area contributed by atoms with Crippen LogP contribution in [0.15, 0.2) is 67.0 Å². The van der Waals surface area contributed by atoms with Crippen LogP contribution in [0.4, 0.5) is 11.6 Å². The maximum atomic E-state index is 12.4. The van der Waals surface area contributed by atoms with Crippen LogP contribution in [-0.2, 0) is 6.54 Å². The average Bonchev–Trinajstić information content (AvgIpc) is 2.73. The van der Waals surface area contributed by atoms with Gasteiger partial charge in [0.1, 0.15) is 6.07 Å². The first-order valence-corrected chi connectivity index (χ1v) is 8.62. The molecule has 27 heavy (non-hydrogen) atoms. The Morgan fingerprint density at radius 2 is 1.74 bits per heavy atom. The molecule has 0 fully saturated rings. The topological polar surface area (TPSA) is 81.9 Å². The fraction of sp³-hybridized carbons (Fsp3) is 0.143. The van der Waals surface area contributed by atoms with Crippen molar-refractivity contribution in [3.8, 4) is 6.07 Å². The highest BCUT2D eigenvalue weighted by Gasteiger charge is 2.12. The van der Waals surface area contributed by atoms with Crippen LogP contribution in [0.1, 0.15) is 28.4 Å². The maximum absolute atomic E-state index is 12.4. The van der Waals surface area contributed by atoms with Crippen LogP contribution < -0.4 is 10.2 Å². The van der Waals surface area contributed by atoms with Gasteiger partial charge in [-0.05, 0) is 24.6 Å². The molecule has 6 heteroatoms. The van der Waals surface area contributed by atoms with Crippen molar-refractivity contribution in [2.24, 2.45) is 0 Å². The number of hydrogen-bond donors (Lipinski definition) is 1. The molecule has 134 valence electrons. The second-order valence-electron chi connectivity index (χ2n) is 5.88. The summed E-state index contributed by atoms with van der Waals surface area (Å²) in [5.41, 5.74) is 2.37. The highest BCUT2D eigenvalue weighted by Crippen LogP contribution is 2.16. The molecule has 0 aliphatic rings. The van der Waals surface area contributed by atoms with E-state index in [0.29, 0.717) is 29.3 Å². The molecule has 1 aromatic heterocycles. The molecular weight excluding hydrogens is 338 g/mol. The Morgan fingerprint density at radius 3 is 2.41 bits per heavy atom. The van der Waals surface area contributed by atoms with Crippen molar-refractivity contribution < 1.29 is 4.79 Å². The first-order chi connectivity index (χ1) is 13.2. The number of aromatic nitrogens is 2. The van der Waals surface area contributed by atoms with Gasteiger partial charge in [0.2, 0.25) is 5.95 Å². The third-order valence-electron chi connectivity index (χ3n) is 4.08. The fourth-order valence-electron chi connectivity index (χ4n) is 2.61. The molecule has 3 aromatic rings. The molecule has 0 saturated carbocycles. The van der Waals surface area contributed by atoms with Gasteiger partial charge in [0.15, 0.2) is 0 Å². The quantitative estimate of drug-likeness (QED) is 0.728. The molecule has 2 aromatic carbocycles. The molecule has 0 aliphatic carbocycles. The summed E-state index contributed by atoms with van der Waals surface area (Å²) < 4.78 is 0. The van der Waals surface area contributed by atoms with E-state index in [4.69, 9.17) is 5.26 Å². The summed E-state index contributed by atoms with van der Waals surface area (Å²) in [6, 6.07) is 19.0. The Hall–Kier alpha value is -3.72. The lowest BCUT2D eigenvalue weighted by molar-refractivity contribution is 0.102. The van der Waals surface area contributed by atoms with Crippen molar-refractivity contribution in [3.05, 3.63) is 83.7 Å². The van der Waals surface area contributed by atoms with Gasteiger partial charge < -0.3 is 10.2 Å². The van der Waals surface area contributed by atoms with E-state index in [1.165, 1.54) is 12.4 Å². The largest absolute Gasteiger partial charge is 0.337 e. The fourth-order valence-corrected chi connectivity index (χ4v) is 2.61. The number of nitrogens with one attached hydrogen (secondary N) is 1. The number of hydrogen-bond acceptors (Lipinski definition) is 5. The standard InChI is InChI=1S/C21H19N5O/c1-2-26(15-16-8-4-3-5-9-16)21-23-13-18(14-24-21)20(27)25-19-11-7-6-10-17(19)12-22/h3-11,13-14H,2,15H2,1H3,(H,25,27). The molecule has 0 spiro atoms. The Kier molecular flexibility index (Phi) is 5.75. The summed E-state index contributed by atoms with van der Waals surface area (Å²) in [5, 5.41) is 11.8. The second-order valence-corrected chi connectivity index (χ2v) is 5.88. The highest BCUT2D eigenvalue weighted by atomic mass is 16.1. The molecule has 6 nitrogen and oxygen atoms in total. The number of para-hydroxylation sites is 1. The monoisotopic (exact) mass is 357 g/mol. The van der Waals surface area contributed by atoms with Gasteiger partial charge in [-0.3, -0.25) is 4.79 Å². The molecule has 0 atom stereocenters. The van der Waals surface area contributed by atoms with E-state index in [0.717, 1.165) is 12.1 Å². The predicted octanol–water partition coefficient (Wildman–Crippen LogP) is 3.63. The minimum absolute atomic E-state index is 0.335. The van der Waals surface area contributed by atoms with E-state index in [1.807, 2.05) is 30.0 Å². The third kappa shape index (κ3) is 4.47. The number of amides is 1. The molecule has 0 aliphatic heterocycles. The number of carbonyl (C=O) groups excluding carboxylic acids is 1. The zero-order valence-corrected chi connectivity index (χ0v) is 15.0. The van der Waals surface area contributed by atoms with Crippen LogP contribution >= 0.6 is 0 Å². The van der Waals surface area contributed by atoms with Gasteiger partial charge >= 0.3 is 0 Å². The molecular formula is C21H19N5O. The van der Waals surface area contributed by atoms with Gasteiger partial charge in [-0.2, -0.15) is 5.26 Å². The van der Waals surface area contributed by atoms with Gasteiger partial charge in [0.05, 0.1) is 16.8 Å². The number of nitrogens with zero attached hydrogens (tertiary/aromatic N) is 4. The zero-order chi connectivity index (χ0) is 19.1. The van der Waals surface area contributed by atoms with E-state index >= 15 is 0 Å². The first-order valence-electron chi connectivity index (χ1n) is 8.62. The lowest BCUT2D eigenvalue weighted by atomic mass is 10.2. The molecule has 0 saturated heterocycles. The van der Waals surface area contributed by atoms with E-state index in [1.54, 1.807) is 24.3 Å².